The lowest BCUT2D eigenvalue weighted by molar-refractivity contribution is -0.137. The molecule has 0 bridgehead atoms. The molecule has 0 unspecified atom stereocenters. The molecule has 0 saturated heterocycles. The van der Waals surface area contributed by atoms with Gasteiger partial charge in [0.15, 0.2) is 5.65 Å². The molecule has 0 spiro atoms. The summed E-state index contributed by atoms with van der Waals surface area (Å²) in [4.78, 5) is 7.51. The predicted molar refractivity (Wildman–Crippen MR) is 110 cm³/mol. The summed E-state index contributed by atoms with van der Waals surface area (Å²) in [5.41, 5.74) is 6.33. The minimum atomic E-state index is -4.66. The van der Waals surface area contributed by atoms with Gasteiger partial charge in [0.05, 0.1) is 22.3 Å². The Morgan fingerprint density at radius 2 is 1.81 bits per heavy atom. The molecule has 3 aromatic heterocycles. The van der Waals surface area contributed by atoms with E-state index < -0.39 is 26.7 Å². The largest absolute Gasteiger partial charge is 0.416 e. The quantitative estimate of drug-likeness (QED) is 0.470. The van der Waals surface area contributed by atoms with Crippen molar-refractivity contribution in [3.05, 3.63) is 66.6 Å². The molecule has 0 aliphatic carbocycles. The van der Waals surface area contributed by atoms with Gasteiger partial charge in [-0.05, 0) is 36.4 Å². The Bertz CT molecular complexity index is 1360. The zero-order chi connectivity index (χ0) is 21.5. The van der Waals surface area contributed by atoms with E-state index in [0.717, 1.165) is 18.2 Å². The molecule has 3 N–H and O–H groups in total. The first-order valence-electron chi connectivity index (χ1n) is 8.39. The summed E-state index contributed by atoms with van der Waals surface area (Å²) in [6.45, 7) is 0. The third kappa shape index (κ3) is 4.70. The van der Waals surface area contributed by atoms with Crippen LogP contribution in [0.4, 0.5) is 24.8 Å². The highest BCUT2D eigenvalue weighted by Gasteiger charge is 2.31. The lowest BCUT2D eigenvalue weighted by atomic mass is 10.1. The first-order valence-corrected chi connectivity index (χ1v) is 9.87. The summed E-state index contributed by atoms with van der Waals surface area (Å²) < 4.78 is 67.5. The van der Waals surface area contributed by atoms with Crippen molar-refractivity contribution in [1.29, 1.82) is 0 Å². The van der Waals surface area contributed by atoms with E-state index in [2.05, 4.69) is 19.8 Å². The Labute approximate surface area is 180 Å². The van der Waals surface area contributed by atoms with Gasteiger partial charge in [-0.2, -0.15) is 18.2 Å². The lowest BCUT2D eigenvalue weighted by Gasteiger charge is -2.11. The number of pyridine rings is 2. The van der Waals surface area contributed by atoms with E-state index in [0.29, 0.717) is 22.8 Å². The SMILES string of the molecule is Cl.Nc1nc2ccc(-c3cncc(NS(=O)(=O)c4cccc(C(F)(F)F)c4)c3)cn2n1. The summed E-state index contributed by atoms with van der Waals surface area (Å²) >= 11 is 0. The number of anilines is 2. The maximum absolute atomic E-state index is 12.9. The highest BCUT2D eigenvalue weighted by atomic mass is 35.5. The Morgan fingerprint density at radius 3 is 2.55 bits per heavy atom. The van der Waals surface area contributed by atoms with Gasteiger partial charge in [0, 0.05) is 23.5 Å². The van der Waals surface area contributed by atoms with Gasteiger partial charge < -0.3 is 5.73 Å². The summed E-state index contributed by atoms with van der Waals surface area (Å²) in [6.07, 6.45) is -0.263. The number of fused-ring (bicyclic) bond motifs is 1. The average Bonchev–Trinajstić information content (AvgIpc) is 3.06. The monoisotopic (exact) mass is 470 g/mol. The number of nitrogens with one attached hydrogen (secondary N) is 1. The van der Waals surface area contributed by atoms with E-state index in [4.69, 9.17) is 5.73 Å². The first kappa shape index (κ1) is 22.3. The molecule has 1 aromatic carbocycles. The van der Waals surface area contributed by atoms with Crippen molar-refractivity contribution in [2.75, 3.05) is 10.5 Å². The molecule has 4 rings (SSSR count). The fourth-order valence-corrected chi connectivity index (χ4v) is 3.86. The van der Waals surface area contributed by atoms with Gasteiger partial charge in [-0.25, -0.2) is 12.9 Å². The Morgan fingerprint density at radius 1 is 1.03 bits per heavy atom. The highest BCUT2D eigenvalue weighted by Crippen LogP contribution is 2.31. The number of aromatic nitrogens is 4. The van der Waals surface area contributed by atoms with Gasteiger partial charge in [0.1, 0.15) is 0 Å². The number of benzene rings is 1. The standard InChI is InChI=1S/C18H13F3N6O2S.ClH/c19-18(20,21)13-2-1-3-15(7-13)30(28,29)26-14-6-12(8-23-9-14)11-4-5-16-24-17(22)25-27(16)10-11;/h1-10,26H,(H2,22,25);1H. The van der Waals surface area contributed by atoms with E-state index in [-0.39, 0.29) is 24.0 Å². The van der Waals surface area contributed by atoms with Crippen molar-refractivity contribution in [3.8, 4) is 11.1 Å². The van der Waals surface area contributed by atoms with Crippen LogP contribution in [0.5, 0.6) is 0 Å². The van der Waals surface area contributed by atoms with Crippen LogP contribution in [-0.4, -0.2) is 28.0 Å². The summed E-state index contributed by atoms with van der Waals surface area (Å²) in [7, 11) is -4.26. The van der Waals surface area contributed by atoms with Gasteiger partial charge >= 0.3 is 6.18 Å². The second-order valence-electron chi connectivity index (χ2n) is 6.28. The van der Waals surface area contributed by atoms with Gasteiger partial charge in [-0.1, -0.05) is 6.07 Å². The van der Waals surface area contributed by atoms with Crippen LogP contribution in [-0.2, 0) is 16.2 Å². The van der Waals surface area contributed by atoms with Crippen molar-refractivity contribution in [2.24, 2.45) is 0 Å². The van der Waals surface area contributed by atoms with E-state index >= 15 is 0 Å². The number of nitrogens with zero attached hydrogens (tertiary/aromatic N) is 4. The van der Waals surface area contributed by atoms with Crippen LogP contribution in [0.25, 0.3) is 16.8 Å². The molecule has 0 aliphatic rings. The van der Waals surface area contributed by atoms with Gasteiger partial charge in [0.2, 0.25) is 5.95 Å². The van der Waals surface area contributed by atoms with Crippen molar-refractivity contribution >= 4 is 39.7 Å². The molecule has 0 aliphatic heterocycles. The van der Waals surface area contributed by atoms with E-state index in [1.807, 2.05) is 0 Å². The number of nitrogen functional groups attached to an aromatic ring is 1. The summed E-state index contributed by atoms with van der Waals surface area (Å²) in [5.74, 6) is 0.105. The molecule has 162 valence electrons. The van der Waals surface area contributed by atoms with Crippen LogP contribution in [0.1, 0.15) is 5.56 Å². The first-order chi connectivity index (χ1) is 14.1. The second kappa shape index (κ2) is 8.04. The molecule has 0 fully saturated rings. The highest BCUT2D eigenvalue weighted by molar-refractivity contribution is 7.92. The van der Waals surface area contributed by atoms with Crippen LogP contribution in [0.3, 0.4) is 0 Å². The molecule has 0 atom stereocenters. The van der Waals surface area contributed by atoms with E-state index in [9.17, 15) is 21.6 Å². The average molecular weight is 471 g/mol. The molecular formula is C18H14ClF3N6O2S. The maximum Gasteiger partial charge on any atom is 0.416 e. The number of sulfonamides is 1. The van der Waals surface area contributed by atoms with Crippen molar-refractivity contribution in [1.82, 2.24) is 19.6 Å². The molecule has 4 aromatic rings. The molecule has 0 amide bonds. The molecule has 31 heavy (non-hydrogen) atoms. The van der Waals surface area contributed by atoms with E-state index in [1.54, 1.807) is 18.3 Å². The Balaban J connectivity index is 0.00000272. The number of alkyl halides is 3. The molecule has 0 saturated carbocycles. The third-order valence-corrected chi connectivity index (χ3v) is 5.52. The van der Waals surface area contributed by atoms with Crippen LogP contribution < -0.4 is 10.5 Å². The third-order valence-electron chi connectivity index (χ3n) is 4.14. The summed E-state index contributed by atoms with van der Waals surface area (Å²) in [5, 5.41) is 4.01. The predicted octanol–water partition coefficient (Wildman–Crippen LogP) is 3.61. The zero-order valence-corrected chi connectivity index (χ0v) is 17.0. The minimum absolute atomic E-state index is 0. The number of nitrogens with two attached hydrogens (primary N) is 1. The molecule has 0 radical (unpaired) electrons. The van der Waals surface area contributed by atoms with Gasteiger partial charge in [-0.15, -0.1) is 17.5 Å². The van der Waals surface area contributed by atoms with Gasteiger partial charge in [-0.3, -0.25) is 9.71 Å². The zero-order valence-electron chi connectivity index (χ0n) is 15.4. The molecule has 3 heterocycles. The molecule has 13 heteroatoms. The normalized spacial score (nSPS) is 11.8. The van der Waals surface area contributed by atoms with Crippen LogP contribution >= 0.6 is 12.4 Å². The molecular weight excluding hydrogens is 457 g/mol. The number of hydrogen-bond donors (Lipinski definition) is 2. The van der Waals surface area contributed by atoms with Crippen molar-refractivity contribution in [3.63, 3.8) is 0 Å². The maximum atomic E-state index is 12.9. The van der Waals surface area contributed by atoms with Crippen LogP contribution in [0.15, 0.2) is 66.0 Å². The fourth-order valence-electron chi connectivity index (χ4n) is 2.78. The van der Waals surface area contributed by atoms with Crippen molar-refractivity contribution < 1.29 is 21.6 Å². The number of rotatable bonds is 4. The summed E-state index contributed by atoms with van der Waals surface area (Å²) in [6, 6.07) is 8.39. The Kier molecular flexibility index (Phi) is 5.79. The number of hydrogen-bond acceptors (Lipinski definition) is 6. The van der Waals surface area contributed by atoms with Gasteiger partial charge in [0.25, 0.3) is 10.0 Å². The topological polar surface area (TPSA) is 115 Å². The molecule has 8 nitrogen and oxygen atoms in total. The number of halogens is 4. The van der Waals surface area contributed by atoms with Crippen LogP contribution in [0, 0.1) is 0 Å². The van der Waals surface area contributed by atoms with Crippen LogP contribution in [0.2, 0.25) is 0 Å². The fraction of sp³-hybridized carbons (Fsp3) is 0.0556. The van der Waals surface area contributed by atoms with Crippen molar-refractivity contribution in [2.45, 2.75) is 11.1 Å². The van der Waals surface area contributed by atoms with E-state index in [1.165, 1.54) is 23.0 Å². The Hall–Kier alpha value is -3.38. The lowest BCUT2D eigenvalue weighted by Crippen LogP contribution is -2.14. The minimum Gasteiger partial charge on any atom is -0.366 e. The second-order valence-corrected chi connectivity index (χ2v) is 7.97. The smallest absolute Gasteiger partial charge is 0.366 e.